The van der Waals surface area contributed by atoms with E-state index in [0.29, 0.717) is 51.8 Å². The van der Waals surface area contributed by atoms with Gasteiger partial charge in [-0.1, -0.05) is 73.3 Å². The van der Waals surface area contributed by atoms with Gasteiger partial charge in [0, 0.05) is 11.3 Å². The molecule has 2 heterocycles. The maximum Gasteiger partial charge on any atom is 0.417 e. The number of anilines is 1. The third-order valence-electron chi connectivity index (χ3n) is 7.43. The summed E-state index contributed by atoms with van der Waals surface area (Å²) in [5.41, 5.74) is -0.133. The van der Waals surface area contributed by atoms with E-state index in [4.69, 9.17) is 21.1 Å². The van der Waals surface area contributed by atoms with Gasteiger partial charge in [0.05, 0.1) is 12.1 Å². The highest BCUT2D eigenvalue weighted by atomic mass is 35.5. The summed E-state index contributed by atoms with van der Waals surface area (Å²) >= 11 is 7.26. The van der Waals surface area contributed by atoms with Crippen molar-refractivity contribution in [3.8, 4) is 11.1 Å². The van der Waals surface area contributed by atoms with E-state index in [-0.39, 0.29) is 23.9 Å². The van der Waals surface area contributed by atoms with Crippen LogP contribution in [0.2, 0.25) is 5.02 Å². The number of carbonyl (C=O) groups is 1. The lowest BCUT2D eigenvalue weighted by atomic mass is 9.96. The Balaban J connectivity index is 1.45. The van der Waals surface area contributed by atoms with E-state index in [9.17, 15) is 18.0 Å². The monoisotopic (exact) mass is 590 g/mol. The number of aliphatic imine (C=N–C) groups is 1. The van der Waals surface area contributed by atoms with Gasteiger partial charge in [0.15, 0.2) is 0 Å². The van der Waals surface area contributed by atoms with Crippen molar-refractivity contribution in [3.05, 3.63) is 64.3 Å². The molecule has 0 atom stereocenters. The summed E-state index contributed by atoms with van der Waals surface area (Å²) in [7, 11) is 0. The minimum Gasteiger partial charge on any atom is -0.336 e. The predicted octanol–water partition coefficient (Wildman–Crippen LogP) is 8.69. The second-order valence-electron chi connectivity index (χ2n) is 10.3. The Labute approximate surface area is 240 Å². The van der Waals surface area contributed by atoms with Crippen molar-refractivity contribution in [1.82, 2.24) is 10.1 Å². The van der Waals surface area contributed by atoms with Crippen molar-refractivity contribution in [3.63, 3.8) is 0 Å². The maximum absolute atomic E-state index is 14.5. The number of hydrogen-bond acceptors (Lipinski definition) is 6. The number of aryl methyl sites for hydroxylation is 1. The van der Waals surface area contributed by atoms with Gasteiger partial charge in [0.25, 0.3) is 11.8 Å². The maximum atomic E-state index is 14.5. The summed E-state index contributed by atoms with van der Waals surface area (Å²) < 4.78 is 51.5. The number of nitrogens with zero attached hydrogens (tertiary/aromatic N) is 3. The molecule has 2 aliphatic rings. The molecule has 6 nitrogen and oxygen atoms in total. The number of benzene rings is 2. The van der Waals surface area contributed by atoms with E-state index in [0.717, 1.165) is 43.7 Å². The van der Waals surface area contributed by atoms with Crippen molar-refractivity contribution < 1.29 is 22.5 Å². The smallest absolute Gasteiger partial charge is 0.336 e. The lowest BCUT2D eigenvalue weighted by molar-refractivity contribution is -0.137. The Kier molecular flexibility index (Phi) is 8.20. The molecule has 0 saturated heterocycles. The molecule has 1 amide bonds. The van der Waals surface area contributed by atoms with Crippen molar-refractivity contribution in [2.75, 3.05) is 4.72 Å². The van der Waals surface area contributed by atoms with Gasteiger partial charge in [0.2, 0.25) is 0 Å². The molecule has 0 radical (unpaired) electrons. The zero-order valence-corrected chi connectivity index (χ0v) is 23.8. The first-order valence-electron chi connectivity index (χ1n) is 13.4. The van der Waals surface area contributed by atoms with E-state index in [2.05, 4.69) is 16.8 Å². The Hall–Kier alpha value is -2.98. The number of carbonyl (C=O) groups excluding carboxylic acids is 1. The van der Waals surface area contributed by atoms with Crippen LogP contribution in [0, 0.1) is 6.92 Å². The van der Waals surface area contributed by atoms with Gasteiger partial charge in [-0.15, -0.1) is 0 Å². The Bertz CT molecular complexity index is 1430. The largest absolute Gasteiger partial charge is 0.417 e. The van der Waals surface area contributed by atoms with E-state index in [1.165, 1.54) is 6.07 Å². The van der Waals surface area contributed by atoms with E-state index in [1.807, 2.05) is 0 Å². The highest BCUT2D eigenvalue weighted by Crippen LogP contribution is 2.43. The van der Waals surface area contributed by atoms with Crippen LogP contribution in [0.15, 0.2) is 56.9 Å². The van der Waals surface area contributed by atoms with Crippen LogP contribution >= 0.6 is 23.5 Å². The highest BCUT2D eigenvalue weighted by Gasteiger charge is 2.49. The summed E-state index contributed by atoms with van der Waals surface area (Å²) in [6.07, 6.45) is 1.11. The molecular formula is C29H30ClF3N4O2S. The number of halogens is 4. The molecule has 1 aliphatic carbocycles. The van der Waals surface area contributed by atoms with Crippen LogP contribution in [0.5, 0.6) is 0 Å². The molecule has 212 valence electrons. The standard InChI is InChI=1S/C29H30ClF3N4O2S/c1-3-4-11-24-34-28(14-7-8-15-28)27(38)37(24)17-19-12-13-20(22(16-19)29(31,32)33)21-9-5-6-10-23(21)40-36-26-25(30)18(2)35-39-26/h5-6,9-10,12-13,16,36H,3-4,7-8,11,14-15,17H2,1-2H3. The number of aromatic nitrogens is 1. The molecule has 1 fully saturated rings. The van der Waals surface area contributed by atoms with Gasteiger partial charge >= 0.3 is 6.18 Å². The number of alkyl halides is 3. The molecule has 11 heteroatoms. The number of amides is 1. The zero-order chi connectivity index (χ0) is 28.5. The average molecular weight is 591 g/mol. The number of hydrogen-bond donors (Lipinski definition) is 1. The molecule has 3 aromatic rings. The minimum absolute atomic E-state index is 0.0425. The van der Waals surface area contributed by atoms with Gasteiger partial charge in [-0.2, -0.15) is 13.2 Å². The summed E-state index contributed by atoms with van der Waals surface area (Å²) in [4.78, 5) is 20.5. The van der Waals surface area contributed by atoms with Crippen LogP contribution in [0.3, 0.4) is 0 Å². The molecule has 0 unspecified atom stereocenters. The molecular weight excluding hydrogens is 561 g/mol. The van der Waals surface area contributed by atoms with Crippen LogP contribution < -0.4 is 4.72 Å². The lowest BCUT2D eigenvalue weighted by Crippen LogP contribution is -2.40. The van der Waals surface area contributed by atoms with Gasteiger partial charge in [-0.3, -0.25) is 19.4 Å². The molecule has 1 saturated carbocycles. The fraction of sp³-hybridized carbons (Fsp3) is 0.414. The first-order valence-corrected chi connectivity index (χ1v) is 14.6. The molecule has 0 bridgehead atoms. The topological polar surface area (TPSA) is 70.7 Å². The first-order chi connectivity index (χ1) is 19.1. The van der Waals surface area contributed by atoms with Crippen molar-refractivity contribution >= 4 is 41.2 Å². The Morgan fingerprint density at radius 1 is 1.15 bits per heavy atom. The number of nitrogens with one attached hydrogen (secondary N) is 1. The minimum atomic E-state index is -4.61. The predicted molar refractivity (Wildman–Crippen MR) is 151 cm³/mol. The Morgan fingerprint density at radius 2 is 1.90 bits per heavy atom. The van der Waals surface area contributed by atoms with Gasteiger partial charge in [-0.25, -0.2) is 0 Å². The third kappa shape index (κ3) is 5.61. The second-order valence-corrected chi connectivity index (χ2v) is 11.5. The molecule has 2 aromatic carbocycles. The van der Waals surface area contributed by atoms with Crippen LogP contribution in [-0.2, 0) is 17.5 Å². The molecule has 40 heavy (non-hydrogen) atoms. The highest BCUT2D eigenvalue weighted by molar-refractivity contribution is 8.00. The molecule has 5 rings (SSSR count). The van der Waals surface area contributed by atoms with Crippen LogP contribution in [0.1, 0.15) is 68.7 Å². The molecule has 1 N–H and O–H groups in total. The normalized spacial score (nSPS) is 16.7. The van der Waals surface area contributed by atoms with Gasteiger partial charge in [0.1, 0.15) is 22.1 Å². The number of amidine groups is 1. The number of rotatable bonds is 9. The quantitative estimate of drug-likeness (QED) is 0.252. The van der Waals surface area contributed by atoms with E-state index < -0.39 is 17.3 Å². The fourth-order valence-corrected chi connectivity index (χ4v) is 6.29. The summed E-state index contributed by atoms with van der Waals surface area (Å²) in [5.74, 6) is 0.838. The fourth-order valence-electron chi connectivity index (χ4n) is 5.34. The lowest BCUT2D eigenvalue weighted by Gasteiger charge is -2.24. The summed E-state index contributed by atoms with van der Waals surface area (Å²) in [6, 6.07) is 11.1. The zero-order valence-electron chi connectivity index (χ0n) is 22.3. The molecule has 1 aliphatic heterocycles. The SMILES string of the molecule is CCCCC1=NC2(CCCC2)C(=O)N1Cc1ccc(-c2ccccc2SNc2onc(C)c2Cl)c(C(F)(F)F)c1. The molecule has 1 aromatic heterocycles. The van der Waals surface area contributed by atoms with Crippen LogP contribution in [-0.4, -0.2) is 27.3 Å². The van der Waals surface area contributed by atoms with Gasteiger partial charge in [-0.05, 0) is 67.0 Å². The van der Waals surface area contributed by atoms with Crippen LogP contribution in [0.25, 0.3) is 11.1 Å². The Morgan fingerprint density at radius 3 is 2.58 bits per heavy atom. The van der Waals surface area contributed by atoms with Crippen molar-refractivity contribution in [2.45, 2.75) is 81.9 Å². The van der Waals surface area contributed by atoms with Crippen molar-refractivity contribution in [2.24, 2.45) is 4.99 Å². The summed E-state index contributed by atoms with van der Waals surface area (Å²) in [5, 5.41) is 4.10. The van der Waals surface area contributed by atoms with E-state index in [1.54, 1.807) is 42.2 Å². The van der Waals surface area contributed by atoms with Gasteiger partial charge < -0.3 is 4.52 Å². The second kappa shape index (κ2) is 11.5. The van der Waals surface area contributed by atoms with Crippen molar-refractivity contribution in [1.29, 1.82) is 0 Å². The third-order valence-corrected chi connectivity index (χ3v) is 8.74. The van der Waals surface area contributed by atoms with E-state index >= 15 is 0 Å². The molecule has 1 spiro atoms. The summed E-state index contributed by atoms with van der Waals surface area (Å²) in [6.45, 7) is 3.82. The average Bonchev–Trinajstić information content (AvgIpc) is 3.61. The number of unbranched alkanes of at least 4 members (excludes halogenated alkanes) is 1. The van der Waals surface area contributed by atoms with Crippen LogP contribution in [0.4, 0.5) is 19.1 Å². The first kappa shape index (κ1) is 28.5.